The number of hydrogen-bond acceptors (Lipinski definition) is 3. The van der Waals surface area contributed by atoms with E-state index in [0.717, 1.165) is 0 Å². The number of aromatic nitrogens is 2. The zero-order valence-corrected chi connectivity index (χ0v) is 10.5. The molecule has 0 saturated heterocycles. The number of aromatic amines is 1. The number of rotatable bonds is 4. The molecule has 0 aliphatic rings. The van der Waals surface area contributed by atoms with E-state index in [2.05, 4.69) is 25.6 Å². The van der Waals surface area contributed by atoms with Gasteiger partial charge in [-0.05, 0) is 18.6 Å². The summed E-state index contributed by atoms with van der Waals surface area (Å²) >= 11 is 0. The second-order valence-electron chi connectivity index (χ2n) is 3.89. The van der Waals surface area contributed by atoms with Crippen LogP contribution in [0.5, 0.6) is 5.75 Å². The minimum Gasteiger partial charge on any atom is -0.433 e. The molecule has 106 valence electrons. The Hall–Kier alpha value is -2.64. The molecule has 3 N–H and O–H groups in total. The summed E-state index contributed by atoms with van der Waals surface area (Å²) in [6, 6.07) is 4.00. The van der Waals surface area contributed by atoms with Gasteiger partial charge in [-0.2, -0.15) is 13.9 Å². The Kier molecular flexibility index (Phi) is 4.14. The van der Waals surface area contributed by atoms with Crippen molar-refractivity contribution in [1.29, 1.82) is 0 Å². The highest BCUT2D eigenvalue weighted by molar-refractivity contribution is 6.01. The molecule has 2 amide bonds. The van der Waals surface area contributed by atoms with Crippen LogP contribution in [0.15, 0.2) is 30.6 Å². The maximum atomic E-state index is 12.3. The minimum atomic E-state index is -2.96. The number of urea groups is 1. The Balaban J connectivity index is 2.13. The van der Waals surface area contributed by atoms with E-state index in [1.54, 1.807) is 19.1 Å². The van der Waals surface area contributed by atoms with Crippen LogP contribution in [0.25, 0.3) is 0 Å². The molecule has 1 aromatic carbocycles. The highest BCUT2D eigenvalue weighted by Crippen LogP contribution is 2.29. The van der Waals surface area contributed by atoms with Crippen molar-refractivity contribution in [3.63, 3.8) is 0 Å². The third-order valence-corrected chi connectivity index (χ3v) is 2.45. The number of carbonyl (C=O) groups excluding carboxylic acids is 1. The average Bonchev–Trinajstić information content (AvgIpc) is 2.85. The molecule has 2 aromatic rings. The molecule has 1 heterocycles. The quantitative estimate of drug-likeness (QED) is 0.806. The first-order valence-electron chi connectivity index (χ1n) is 5.67. The lowest BCUT2D eigenvalue weighted by atomic mass is 10.2. The van der Waals surface area contributed by atoms with Crippen molar-refractivity contribution < 1.29 is 18.3 Å². The summed E-state index contributed by atoms with van der Waals surface area (Å²) in [6.45, 7) is -1.29. The van der Waals surface area contributed by atoms with E-state index in [9.17, 15) is 13.6 Å². The van der Waals surface area contributed by atoms with Gasteiger partial charge in [-0.25, -0.2) is 4.79 Å². The molecule has 0 radical (unpaired) electrons. The minimum absolute atomic E-state index is 0.0951. The molecule has 20 heavy (non-hydrogen) atoms. The van der Waals surface area contributed by atoms with E-state index in [4.69, 9.17) is 0 Å². The van der Waals surface area contributed by atoms with Crippen molar-refractivity contribution in [2.75, 3.05) is 10.6 Å². The first kappa shape index (κ1) is 13.8. The highest BCUT2D eigenvalue weighted by Gasteiger charge is 2.14. The third kappa shape index (κ3) is 3.44. The number of halogens is 2. The Morgan fingerprint density at radius 1 is 1.40 bits per heavy atom. The van der Waals surface area contributed by atoms with Crippen LogP contribution in [0.4, 0.5) is 25.0 Å². The van der Waals surface area contributed by atoms with Crippen molar-refractivity contribution in [1.82, 2.24) is 10.2 Å². The fraction of sp³-hybridized carbons (Fsp3) is 0.167. The smallest absolute Gasteiger partial charge is 0.387 e. The molecule has 0 saturated carbocycles. The van der Waals surface area contributed by atoms with Crippen LogP contribution < -0.4 is 15.4 Å². The Labute approximate surface area is 113 Å². The summed E-state index contributed by atoms with van der Waals surface area (Å²) in [4.78, 5) is 11.8. The van der Waals surface area contributed by atoms with Crippen molar-refractivity contribution in [3.05, 3.63) is 36.2 Å². The lowest BCUT2D eigenvalue weighted by Crippen LogP contribution is -2.20. The van der Waals surface area contributed by atoms with E-state index >= 15 is 0 Å². The number of carbonyl (C=O) groups is 1. The summed E-state index contributed by atoms with van der Waals surface area (Å²) in [5, 5.41) is 11.2. The van der Waals surface area contributed by atoms with E-state index in [0.29, 0.717) is 11.3 Å². The van der Waals surface area contributed by atoms with Crippen LogP contribution in [0.2, 0.25) is 0 Å². The molecule has 8 heteroatoms. The lowest BCUT2D eigenvalue weighted by molar-refractivity contribution is -0.0493. The normalized spacial score (nSPS) is 10.4. The number of benzene rings is 1. The van der Waals surface area contributed by atoms with Crippen LogP contribution in [-0.2, 0) is 0 Å². The van der Waals surface area contributed by atoms with Gasteiger partial charge in [0.25, 0.3) is 0 Å². The fourth-order valence-corrected chi connectivity index (χ4v) is 1.59. The second-order valence-corrected chi connectivity index (χ2v) is 3.89. The summed E-state index contributed by atoms with van der Waals surface area (Å²) in [5.41, 5.74) is 1.24. The van der Waals surface area contributed by atoms with Crippen LogP contribution in [0, 0.1) is 6.92 Å². The van der Waals surface area contributed by atoms with Gasteiger partial charge in [-0.1, -0.05) is 12.1 Å². The van der Waals surface area contributed by atoms with Gasteiger partial charge < -0.3 is 15.4 Å². The SMILES string of the molecule is Cc1cccc(OC(F)F)c1NC(=O)Nc1cn[nH]c1. The van der Waals surface area contributed by atoms with E-state index in [1.165, 1.54) is 18.5 Å². The van der Waals surface area contributed by atoms with Gasteiger partial charge in [0.15, 0.2) is 0 Å². The fourth-order valence-electron chi connectivity index (χ4n) is 1.59. The maximum absolute atomic E-state index is 12.3. The Morgan fingerprint density at radius 3 is 2.85 bits per heavy atom. The Morgan fingerprint density at radius 2 is 2.20 bits per heavy atom. The first-order chi connectivity index (χ1) is 9.56. The number of ether oxygens (including phenoxy) is 1. The van der Waals surface area contributed by atoms with Gasteiger partial charge in [-0.15, -0.1) is 0 Å². The predicted molar refractivity (Wildman–Crippen MR) is 69.0 cm³/mol. The monoisotopic (exact) mass is 282 g/mol. The summed E-state index contributed by atoms with van der Waals surface area (Å²) < 4.78 is 29.0. The first-order valence-corrected chi connectivity index (χ1v) is 5.67. The number of para-hydroxylation sites is 1. The predicted octanol–water partition coefficient (Wildman–Crippen LogP) is 2.96. The number of nitrogens with one attached hydrogen (secondary N) is 3. The topological polar surface area (TPSA) is 79.0 Å². The van der Waals surface area contributed by atoms with Crippen molar-refractivity contribution in [2.24, 2.45) is 0 Å². The molecule has 0 atom stereocenters. The number of amides is 2. The van der Waals surface area contributed by atoms with Gasteiger partial charge in [0.05, 0.1) is 17.6 Å². The van der Waals surface area contributed by atoms with Crippen molar-refractivity contribution in [2.45, 2.75) is 13.5 Å². The van der Waals surface area contributed by atoms with E-state index in [1.807, 2.05) is 0 Å². The molecular formula is C12H12F2N4O2. The second kappa shape index (κ2) is 6.00. The van der Waals surface area contributed by atoms with Crippen molar-refractivity contribution >= 4 is 17.4 Å². The van der Waals surface area contributed by atoms with Crippen LogP contribution in [0.1, 0.15) is 5.56 Å². The summed E-state index contributed by atoms with van der Waals surface area (Å²) in [6.07, 6.45) is 2.89. The zero-order valence-electron chi connectivity index (χ0n) is 10.5. The summed E-state index contributed by atoms with van der Waals surface area (Å²) in [5.74, 6) is -0.0951. The zero-order chi connectivity index (χ0) is 14.5. The largest absolute Gasteiger partial charge is 0.433 e. The van der Waals surface area contributed by atoms with Gasteiger partial charge in [0, 0.05) is 6.20 Å². The molecule has 1 aromatic heterocycles. The maximum Gasteiger partial charge on any atom is 0.387 e. The van der Waals surface area contributed by atoms with Crippen LogP contribution >= 0.6 is 0 Å². The number of H-pyrrole nitrogens is 1. The molecule has 2 rings (SSSR count). The van der Waals surface area contributed by atoms with Crippen LogP contribution in [0.3, 0.4) is 0 Å². The molecule has 0 spiro atoms. The van der Waals surface area contributed by atoms with Crippen LogP contribution in [-0.4, -0.2) is 22.8 Å². The molecule has 0 bridgehead atoms. The lowest BCUT2D eigenvalue weighted by Gasteiger charge is -2.14. The van der Waals surface area contributed by atoms with E-state index in [-0.39, 0.29) is 11.4 Å². The number of hydrogen-bond donors (Lipinski definition) is 3. The van der Waals surface area contributed by atoms with Crippen molar-refractivity contribution in [3.8, 4) is 5.75 Å². The van der Waals surface area contributed by atoms with Gasteiger partial charge in [0.2, 0.25) is 0 Å². The molecule has 6 nitrogen and oxygen atoms in total. The molecule has 0 aliphatic carbocycles. The number of nitrogens with zero attached hydrogens (tertiary/aromatic N) is 1. The number of aryl methyl sites for hydroxylation is 1. The summed E-state index contributed by atoms with van der Waals surface area (Å²) in [7, 11) is 0. The number of anilines is 2. The Bertz CT molecular complexity index is 587. The molecular weight excluding hydrogens is 270 g/mol. The highest BCUT2D eigenvalue weighted by atomic mass is 19.3. The van der Waals surface area contributed by atoms with Gasteiger partial charge >= 0.3 is 12.6 Å². The average molecular weight is 282 g/mol. The van der Waals surface area contributed by atoms with E-state index < -0.39 is 12.6 Å². The number of alkyl halides is 2. The standard InChI is InChI=1S/C12H12F2N4O2/c1-7-3-2-4-9(20-11(13)14)10(7)18-12(19)17-8-5-15-16-6-8/h2-6,11H,1H3,(H,15,16)(H2,17,18,19). The molecule has 0 aliphatic heterocycles. The molecule has 0 fully saturated rings. The van der Waals surface area contributed by atoms with Gasteiger partial charge in [0.1, 0.15) is 5.75 Å². The van der Waals surface area contributed by atoms with Gasteiger partial charge in [-0.3, -0.25) is 5.10 Å². The third-order valence-electron chi connectivity index (χ3n) is 2.45. The molecule has 0 unspecified atom stereocenters.